The van der Waals surface area contributed by atoms with E-state index in [0.717, 1.165) is 4.47 Å². The number of carbonyl (C=O) groups excluding carboxylic acids is 1. The number of hydrogen-bond donors (Lipinski definition) is 2. The third-order valence-corrected chi connectivity index (χ3v) is 2.88. The van der Waals surface area contributed by atoms with Crippen LogP contribution >= 0.6 is 15.9 Å². The third-order valence-electron chi connectivity index (χ3n) is 2.39. The molecule has 1 amide bonds. The highest BCUT2D eigenvalue weighted by Crippen LogP contribution is 2.21. The highest BCUT2D eigenvalue weighted by atomic mass is 79.9. The number of carbonyl (C=O) groups is 1. The van der Waals surface area contributed by atoms with Crippen LogP contribution in [-0.2, 0) is 6.54 Å². The van der Waals surface area contributed by atoms with Crippen LogP contribution in [0.4, 0.5) is 0 Å². The lowest BCUT2D eigenvalue weighted by molar-refractivity contribution is 0.0949. The van der Waals surface area contributed by atoms with E-state index in [1.807, 2.05) is 12.3 Å². The minimum Gasteiger partial charge on any atom is -0.507 e. The Balaban J connectivity index is 1.91. The second-order valence-corrected chi connectivity index (χ2v) is 4.60. The van der Waals surface area contributed by atoms with Gasteiger partial charge in [-0.25, -0.2) is 0 Å². The summed E-state index contributed by atoms with van der Waals surface area (Å²) in [4.78, 5) is 11.8. The van der Waals surface area contributed by atoms with Gasteiger partial charge >= 0.3 is 0 Å². The van der Waals surface area contributed by atoms with E-state index in [2.05, 4.69) is 26.3 Å². The quantitative estimate of drug-likeness (QED) is 0.904. The van der Waals surface area contributed by atoms with E-state index in [9.17, 15) is 9.90 Å². The molecule has 5 nitrogen and oxygen atoms in total. The summed E-state index contributed by atoms with van der Waals surface area (Å²) in [5, 5.41) is 16.4. The van der Waals surface area contributed by atoms with Gasteiger partial charge in [-0.15, -0.1) is 0 Å². The van der Waals surface area contributed by atoms with Crippen LogP contribution in [-0.4, -0.2) is 27.3 Å². The van der Waals surface area contributed by atoms with Crippen molar-refractivity contribution in [1.82, 2.24) is 15.1 Å². The lowest BCUT2D eigenvalue weighted by Gasteiger charge is -2.07. The largest absolute Gasteiger partial charge is 0.507 e. The highest BCUT2D eigenvalue weighted by molar-refractivity contribution is 9.10. The normalized spacial score (nSPS) is 10.3. The molecule has 1 aromatic heterocycles. The number of nitrogens with zero attached hydrogens (tertiary/aromatic N) is 2. The van der Waals surface area contributed by atoms with Crippen LogP contribution in [0, 0.1) is 0 Å². The summed E-state index contributed by atoms with van der Waals surface area (Å²) >= 11 is 3.22. The number of aromatic hydroxyl groups is 1. The number of halogens is 1. The molecule has 0 aliphatic heterocycles. The zero-order valence-electron chi connectivity index (χ0n) is 9.51. The van der Waals surface area contributed by atoms with Crippen LogP contribution in [0.2, 0.25) is 0 Å². The summed E-state index contributed by atoms with van der Waals surface area (Å²) in [6.45, 7) is 1.05. The van der Waals surface area contributed by atoms with E-state index in [0.29, 0.717) is 13.1 Å². The Kier molecular flexibility index (Phi) is 3.99. The number of phenols is 1. The SMILES string of the molecule is O=C(NCCn1cccn1)c1ccc(Br)cc1O. The number of benzene rings is 1. The fraction of sp³-hybridized carbons (Fsp3) is 0.167. The molecule has 0 aliphatic rings. The van der Waals surface area contributed by atoms with Crippen LogP contribution in [0.1, 0.15) is 10.4 Å². The van der Waals surface area contributed by atoms with Gasteiger partial charge in [-0.1, -0.05) is 15.9 Å². The van der Waals surface area contributed by atoms with Crippen LogP contribution < -0.4 is 5.32 Å². The smallest absolute Gasteiger partial charge is 0.255 e. The van der Waals surface area contributed by atoms with Crippen molar-refractivity contribution in [3.63, 3.8) is 0 Å². The molecule has 2 rings (SSSR count). The van der Waals surface area contributed by atoms with Gasteiger partial charge in [0.25, 0.3) is 5.91 Å². The van der Waals surface area contributed by atoms with Gasteiger partial charge in [0.2, 0.25) is 0 Å². The molecule has 0 unspecified atom stereocenters. The molecule has 2 N–H and O–H groups in total. The Morgan fingerprint density at radius 3 is 3.00 bits per heavy atom. The zero-order valence-corrected chi connectivity index (χ0v) is 11.1. The molecule has 0 atom stereocenters. The van der Waals surface area contributed by atoms with E-state index in [-0.39, 0.29) is 17.2 Å². The molecule has 0 bridgehead atoms. The van der Waals surface area contributed by atoms with Crippen molar-refractivity contribution >= 4 is 21.8 Å². The number of phenolic OH excluding ortho intramolecular Hbond substituents is 1. The molecule has 0 aliphatic carbocycles. The van der Waals surface area contributed by atoms with Crippen molar-refractivity contribution in [3.8, 4) is 5.75 Å². The third kappa shape index (κ3) is 3.10. The second-order valence-electron chi connectivity index (χ2n) is 3.69. The summed E-state index contributed by atoms with van der Waals surface area (Å²) in [6.07, 6.45) is 3.51. The molecule has 6 heteroatoms. The van der Waals surface area contributed by atoms with Crippen molar-refractivity contribution in [2.45, 2.75) is 6.54 Å². The second kappa shape index (κ2) is 5.68. The monoisotopic (exact) mass is 309 g/mol. The maximum absolute atomic E-state index is 11.8. The average molecular weight is 310 g/mol. The molecular formula is C12H12BrN3O2. The van der Waals surface area contributed by atoms with Crippen molar-refractivity contribution in [1.29, 1.82) is 0 Å². The first-order chi connectivity index (χ1) is 8.66. The van der Waals surface area contributed by atoms with Crippen molar-refractivity contribution in [2.24, 2.45) is 0 Å². The van der Waals surface area contributed by atoms with E-state index in [4.69, 9.17) is 0 Å². The van der Waals surface area contributed by atoms with Gasteiger partial charge < -0.3 is 10.4 Å². The van der Waals surface area contributed by atoms with Crippen LogP contribution in [0.3, 0.4) is 0 Å². The van der Waals surface area contributed by atoms with Crippen LogP contribution in [0.15, 0.2) is 41.1 Å². The van der Waals surface area contributed by atoms with Gasteiger partial charge in [-0.2, -0.15) is 5.10 Å². The number of amides is 1. The summed E-state index contributed by atoms with van der Waals surface area (Å²) in [5.74, 6) is -0.340. The Bertz CT molecular complexity index is 540. The fourth-order valence-corrected chi connectivity index (χ4v) is 1.86. The van der Waals surface area contributed by atoms with Crippen LogP contribution in [0.5, 0.6) is 5.75 Å². The molecule has 1 aromatic carbocycles. The molecule has 0 saturated heterocycles. The minimum absolute atomic E-state index is 0.0408. The molecular weight excluding hydrogens is 298 g/mol. The molecule has 18 heavy (non-hydrogen) atoms. The summed E-state index contributed by atoms with van der Waals surface area (Å²) < 4.78 is 2.45. The van der Waals surface area contributed by atoms with Gasteiger partial charge in [-0.05, 0) is 24.3 Å². The summed E-state index contributed by atoms with van der Waals surface area (Å²) in [5.41, 5.74) is 0.263. The van der Waals surface area contributed by atoms with Gasteiger partial charge in [0, 0.05) is 23.4 Å². The Morgan fingerprint density at radius 2 is 2.33 bits per heavy atom. The van der Waals surface area contributed by atoms with Crippen molar-refractivity contribution < 1.29 is 9.90 Å². The van der Waals surface area contributed by atoms with E-state index in [1.54, 1.807) is 23.0 Å². The first kappa shape index (κ1) is 12.6. The minimum atomic E-state index is -0.299. The van der Waals surface area contributed by atoms with E-state index < -0.39 is 0 Å². The molecule has 1 heterocycles. The first-order valence-corrected chi connectivity index (χ1v) is 6.20. The van der Waals surface area contributed by atoms with Gasteiger partial charge in [0.1, 0.15) is 5.75 Å². The first-order valence-electron chi connectivity index (χ1n) is 5.41. The van der Waals surface area contributed by atoms with Gasteiger partial charge in [0.05, 0.1) is 12.1 Å². The molecule has 0 saturated carbocycles. The number of nitrogens with one attached hydrogen (secondary N) is 1. The number of hydrogen-bond acceptors (Lipinski definition) is 3. The van der Waals surface area contributed by atoms with Gasteiger partial charge in [-0.3, -0.25) is 9.48 Å². The Morgan fingerprint density at radius 1 is 1.50 bits per heavy atom. The fourth-order valence-electron chi connectivity index (χ4n) is 1.51. The molecule has 94 valence electrons. The Hall–Kier alpha value is -1.82. The van der Waals surface area contributed by atoms with Crippen molar-refractivity contribution in [3.05, 3.63) is 46.7 Å². The maximum Gasteiger partial charge on any atom is 0.255 e. The van der Waals surface area contributed by atoms with E-state index >= 15 is 0 Å². The average Bonchev–Trinajstić information content (AvgIpc) is 2.81. The summed E-state index contributed by atoms with van der Waals surface area (Å²) in [7, 11) is 0. The van der Waals surface area contributed by atoms with E-state index in [1.165, 1.54) is 6.07 Å². The standard InChI is InChI=1S/C12H12BrN3O2/c13-9-2-3-10(11(17)8-9)12(18)14-5-7-16-6-1-4-15-16/h1-4,6,8,17H,5,7H2,(H,14,18). The predicted octanol–water partition coefficient (Wildman–Crippen LogP) is 1.78. The number of rotatable bonds is 4. The molecule has 0 radical (unpaired) electrons. The van der Waals surface area contributed by atoms with Gasteiger partial charge in [0.15, 0.2) is 0 Å². The molecule has 0 fully saturated rings. The topological polar surface area (TPSA) is 67.2 Å². The molecule has 0 spiro atoms. The maximum atomic E-state index is 11.8. The molecule has 2 aromatic rings. The zero-order chi connectivity index (χ0) is 13.0. The lowest BCUT2D eigenvalue weighted by atomic mass is 10.2. The summed E-state index contributed by atoms with van der Waals surface area (Å²) in [6, 6.07) is 6.59. The highest BCUT2D eigenvalue weighted by Gasteiger charge is 2.10. The lowest BCUT2D eigenvalue weighted by Crippen LogP contribution is -2.27. The Labute approximate surface area is 113 Å². The van der Waals surface area contributed by atoms with Crippen LogP contribution in [0.25, 0.3) is 0 Å². The number of aromatic nitrogens is 2. The predicted molar refractivity (Wildman–Crippen MR) is 70.4 cm³/mol. The van der Waals surface area contributed by atoms with Crippen molar-refractivity contribution in [2.75, 3.05) is 6.54 Å².